The molecule has 0 radical (unpaired) electrons. The molecule has 1 amide bonds. The Morgan fingerprint density at radius 3 is 2.76 bits per heavy atom. The smallest absolute Gasteiger partial charge is 0.255 e. The molecule has 3 aromatic rings. The Kier molecular flexibility index (Phi) is 4.99. The molecule has 0 aliphatic carbocycles. The topological polar surface area (TPSA) is 76.2 Å². The van der Waals surface area contributed by atoms with E-state index in [2.05, 4.69) is 15.5 Å². The second-order valence-corrected chi connectivity index (χ2v) is 5.30. The van der Waals surface area contributed by atoms with Gasteiger partial charge in [0.25, 0.3) is 5.91 Å². The number of methoxy groups -OCH3 is 1. The molecule has 0 saturated carbocycles. The summed E-state index contributed by atoms with van der Waals surface area (Å²) in [5.41, 5.74) is 3.02. The molecule has 6 heteroatoms. The number of rotatable bonds is 6. The molecule has 0 bridgehead atoms. The number of aromatic nitrogens is 2. The molecule has 25 heavy (non-hydrogen) atoms. The minimum absolute atomic E-state index is 0.219. The van der Waals surface area contributed by atoms with Crippen LogP contribution in [0.4, 0.5) is 5.69 Å². The van der Waals surface area contributed by atoms with Crippen LogP contribution in [0.1, 0.15) is 17.3 Å². The van der Waals surface area contributed by atoms with Crippen LogP contribution in [0.3, 0.4) is 0 Å². The van der Waals surface area contributed by atoms with Gasteiger partial charge in [-0.3, -0.25) is 9.89 Å². The van der Waals surface area contributed by atoms with Gasteiger partial charge in [0.1, 0.15) is 0 Å². The number of amides is 1. The van der Waals surface area contributed by atoms with E-state index in [9.17, 15) is 4.79 Å². The van der Waals surface area contributed by atoms with Crippen molar-refractivity contribution >= 4 is 11.6 Å². The van der Waals surface area contributed by atoms with E-state index < -0.39 is 0 Å². The number of aromatic amines is 1. The zero-order valence-electron chi connectivity index (χ0n) is 14.1. The number of benzene rings is 2. The molecule has 0 spiro atoms. The Hall–Kier alpha value is -3.28. The summed E-state index contributed by atoms with van der Waals surface area (Å²) in [7, 11) is 1.55. The van der Waals surface area contributed by atoms with Crippen LogP contribution in [0.25, 0.3) is 11.3 Å². The highest BCUT2D eigenvalue weighted by atomic mass is 16.5. The van der Waals surface area contributed by atoms with E-state index in [0.717, 1.165) is 11.3 Å². The van der Waals surface area contributed by atoms with E-state index in [1.54, 1.807) is 31.5 Å². The first-order valence-electron chi connectivity index (χ1n) is 7.93. The number of nitrogens with zero attached hydrogens (tertiary/aromatic N) is 1. The van der Waals surface area contributed by atoms with Gasteiger partial charge in [-0.2, -0.15) is 5.10 Å². The van der Waals surface area contributed by atoms with Crippen LogP contribution >= 0.6 is 0 Å². The quantitative estimate of drug-likeness (QED) is 0.718. The molecular weight excluding hydrogens is 318 g/mol. The molecule has 0 unspecified atom stereocenters. The lowest BCUT2D eigenvalue weighted by Gasteiger charge is -2.11. The number of hydrogen-bond acceptors (Lipinski definition) is 4. The highest BCUT2D eigenvalue weighted by Crippen LogP contribution is 2.28. The molecule has 0 atom stereocenters. The standard InChI is InChI=1S/C19H19N3O3/c1-3-25-17-8-7-14(12-18(17)24-2)19(23)21-15-6-4-5-13(11-15)16-9-10-20-22-16/h4-12H,3H2,1-2H3,(H,20,22)(H,21,23). The summed E-state index contributed by atoms with van der Waals surface area (Å²) < 4.78 is 10.8. The summed E-state index contributed by atoms with van der Waals surface area (Å²) in [5, 5.41) is 9.74. The molecule has 3 rings (SSSR count). The molecule has 6 nitrogen and oxygen atoms in total. The Morgan fingerprint density at radius 1 is 1.16 bits per heavy atom. The maximum Gasteiger partial charge on any atom is 0.255 e. The summed E-state index contributed by atoms with van der Waals surface area (Å²) >= 11 is 0. The van der Waals surface area contributed by atoms with Gasteiger partial charge in [0, 0.05) is 23.0 Å². The van der Waals surface area contributed by atoms with Crippen molar-refractivity contribution in [1.82, 2.24) is 10.2 Å². The molecular formula is C19H19N3O3. The largest absolute Gasteiger partial charge is 0.493 e. The molecule has 1 aromatic heterocycles. The van der Waals surface area contributed by atoms with Crippen molar-refractivity contribution in [2.24, 2.45) is 0 Å². The van der Waals surface area contributed by atoms with Gasteiger partial charge in [-0.15, -0.1) is 0 Å². The van der Waals surface area contributed by atoms with Crippen LogP contribution in [-0.2, 0) is 0 Å². The van der Waals surface area contributed by atoms with Crippen molar-refractivity contribution in [1.29, 1.82) is 0 Å². The normalized spacial score (nSPS) is 10.3. The SMILES string of the molecule is CCOc1ccc(C(=O)Nc2cccc(-c3ccn[nH]3)c2)cc1OC. The number of ether oxygens (including phenoxy) is 2. The number of carbonyl (C=O) groups excluding carboxylic acids is 1. The van der Waals surface area contributed by atoms with E-state index in [4.69, 9.17) is 9.47 Å². The molecule has 0 saturated heterocycles. The van der Waals surface area contributed by atoms with Gasteiger partial charge in [-0.1, -0.05) is 12.1 Å². The van der Waals surface area contributed by atoms with Crippen molar-refractivity contribution in [3.05, 3.63) is 60.3 Å². The van der Waals surface area contributed by atoms with E-state index >= 15 is 0 Å². The minimum Gasteiger partial charge on any atom is -0.493 e. The lowest BCUT2D eigenvalue weighted by atomic mass is 10.1. The zero-order valence-corrected chi connectivity index (χ0v) is 14.1. The predicted molar refractivity (Wildman–Crippen MR) is 96.1 cm³/mol. The minimum atomic E-state index is -0.219. The van der Waals surface area contributed by atoms with Crippen LogP contribution in [0, 0.1) is 0 Å². The van der Waals surface area contributed by atoms with Gasteiger partial charge in [0.2, 0.25) is 0 Å². The summed E-state index contributed by atoms with van der Waals surface area (Å²) in [5.74, 6) is 0.923. The number of H-pyrrole nitrogens is 1. The fraction of sp³-hybridized carbons (Fsp3) is 0.158. The lowest BCUT2D eigenvalue weighted by Crippen LogP contribution is -2.12. The Balaban J connectivity index is 1.79. The van der Waals surface area contributed by atoms with Crippen LogP contribution in [0.5, 0.6) is 11.5 Å². The maximum atomic E-state index is 12.5. The summed E-state index contributed by atoms with van der Waals surface area (Å²) in [6.07, 6.45) is 1.69. The summed E-state index contributed by atoms with van der Waals surface area (Å²) in [6, 6.07) is 14.5. The Morgan fingerprint density at radius 2 is 2.04 bits per heavy atom. The molecule has 128 valence electrons. The van der Waals surface area contributed by atoms with Gasteiger partial charge in [0.05, 0.1) is 19.4 Å². The second-order valence-electron chi connectivity index (χ2n) is 5.30. The van der Waals surface area contributed by atoms with Gasteiger partial charge in [0.15, 0.2) is 11.5 Å². The molecule has 1 heterocycles. The molecule has 2 aromatic carbocycles. The van der Waals surface area contributed by atoms with Gasteiger partial charge in [-0.25, -0.2) is 0 Å². The zero-order chi connectivity index (χ0) is 17.6. The van der Waals surface area contributed by atoms with Gasteiger partial charge < -0.3 is 14.8 Å². The van der Waals surface area contributed by atoms with Crippen molar-refractivity contribution < 1.29 is 14.3 Å². The second kappa shape index (κ2) is 7.53. The third kappa shape index (κ3) is 3.80. The first kappa shape index (κ1) is 16.6. The Bertz CT molecular complexity index is 860. The monoisotopic (exact) mass is 337 g/mol. The first-order chi connectivity index (χ1) is 12.2. The van der Waals surface area contributed by atoms with E-state index in [-0.39, 0.29) is 5.91 Å². The van der Waals surface area contributed by atoms with Crippen LogP contribution in [-0.4, -0.2) is 29.8 Å². The van der Waals surface area contributed by atoms with Crippen molar-refractivity contribution in [2.75, 3.05) is 19.0 Å². The third-order valence-corrected chi connectivity index (χ3v) is 3.66. The highest BCUT2D eigenvalue weighted by Gasteiger charge is 2.12. The van der Waals surface area contributed by atoms with Crippen LogP contribution in [0.15, 0.2) is 54.7 Å². The summed E-state index contributed by atoms with van der Waals surface area (Å²) in [4.78, 5) is 12.5. The fourth-order valence-corrected chi connectivity index (χ4v) is 2.47. The first-order valence-corrected chi connectivity index (χ1v) is 7.93. The third-order valence-electron chi connectivity index (χ3n) is 3.66. The maximum absolute atomic E-state index is 12.5. The average molecular weight is 337 g/mol. The highest BCUT2D eigenvalue weighted by molar-refractivity contribution is 6.04. The van der Waals surface area contributed by atoms with Crippen molar-refractivity contribution in [3.63, 3.8) is 0 Å². The van der Waals surface area contributed by atoms with Gasteiger partial charge >= 0.3 is 0 Å². The van der Waals surface area contributed by atoms with E-state index in [1.807, 2.05) is 37.3 Å². The summed E-state index contributed by atoms with van der Waals surface area (Å²) in [6.45, 7) is 2.43. The fourth-order valence-electron chi connectivity index (χ4n) is 2.47. The van der Waals surface area contributed by atoms with Crippen molar-refractivity contribution in [3.8, 4) is 22.8 Å². The molecule has 0 aliphatic heterocycles. The van der Waals surface area contributed by atoms with Crippen LogP contribution in [0.2, 0.25) is 0 Å². The molecule has 0 aliphatic rings. The van der Waals surface area contributed by atoms with Gasteiger partial charge in [-0.05, 0) is 43.3 Å². The van der Waals surface area contributed by atoms with Crippen LogP contribution < -0.4 is 14.8 Å². The lowest BCUT2D eigenvalue weighted by molar-refractivity contribution is 0.102. The number of nitrogens with one attached hydrogen (secondary N) is 2. The molecule has 2 N–H and O–H groups in total. The number of anilines is 1. The number of hydrogen-bond donors (Lipinski definition) is 2. The Labute approximate surface area is 145 Å². The number of carbonyl (C=O) groups is 1. The predicted octanol–water partition coefficient (Wildman–Crippen LogP) is 3.74. The average Bonchev–Trinajstić information content (AvgIpc) is 3.17. The van der Waals surface area contributed by atoms with E-state index in [1.165, 1.54) is 0 Å². The molecule has 0 fully saturated rings. The van der Waals surface area contributed by atoms with E-state index in [0.29, 0.717) is 29.4 Å². The van der Waals surface area contributed by atoms with Crippen molar-refractivity contribution in [2.45, 2.75) is 6.92 Å².